The van der Waals surface area contributed by atoms with E-state index in [9.17, 15) is 4.79 Å². The van der Waals surface area contributed by atoms with Gasteiger partial charge < -0.3 is 4.90 Å². The van der Waals surface area contributed by atoms with Crippen molar-refractivity contribution in [2.24, 2.45) is 5.92 Å². The molecule has 0 aliphatic carbocycles. The third kappa shape index (κ3) is 2.56. The van der Waals surface area contributed by atoms with Gasteiger partial charge >= 0.3 is 0 Å². The molecule has 82 valence electrons. The lowest BCUT2D eigenvalue weighted by molar-refractivity contribution is -0.133. The Morgan fingerprint density at radius 2 is 2.33 bits per heavy atom. The number of rotatable bonds is 3. The van der Waals surface area contributed by atoms with E-state index >= 15 is 0 Å². The largest absolute Gasteiger partial charge is 0.342 e. The minimum atomic E-state index is 0.0743. The Labute approximate surface area is 94.1 Å². The van der Waals surface area contributed by atoms with E-state index in [4.69, 9.17) is 0 Å². The lowest BCUT2D eigenvalue weighted by Gasteiger charge is -2.19. The average Bonchev–Trinajstić information content (AvgIpc) is 2.88. The van der Waals surface area contributed by atoms with Crippen LogP contribution < -0.4 is 0 Å². The highest BCUT2D eigenvalue weighted by Crippen LogP contribution is 2.15. The molecule has 1 aliphatic heterocycles. The van der Waals surface area contributed by atoms with Crippen LogP contribution in [0.1, 0.15) is 25.5 Å². The van der Waals surface area contributed by atoms with E-state index in [-0.39, 0.29) is 5.92 Å². The first-order chi connectivity index (χ1) is 7.27. The minimum Gasteiger partial charge on any atom is -0.342 e. The molecule has 0 bridgehead atoms. The molecule has 2 rings (SSSR count). The number of aromatic nitrogens is 1. The van der Waals surface area contributed by atoms with Crippen LogP contribution in [-0.2, 0) is 11.2 Å². The van der Waals surface area contributed by atoms with Gasteiger partial charge in [-0.25, -0.2) is 4.98 Å². The SMILES string of the molecule is CC(Cc1cscn1)C(=O)N1CCCC1. The number of thiazole rings is 1. The van der Waals surface area contributed by atoms with E-state index in [0.717, 1.165) is 38.0 Å². The van der Waals surface area contributed by atoms with E-state index < -0.39 is 0 Å². The summed E-state index contributed by atoms with van der Waals surface area (Å²) < 4.78 is 0. The van der Waals surface area contributed by atoms with Gasteiger partial charge in [-0.2, -0.15) is 0 Å². The summed E-state index contributed by atoms with van der Waals surface area (Å²) in [6.07, 6.45) is 3.10. The highest BCUT2D eigenvalue weighted by molar-refractivity contribution is 7.07. The van der Waals surface area contributed by atoms with Gasteiger partial charge in [0.1, 0.15) is 0 Å². The molecule has 1 amide bonds. The Hall–Kier alpha value is -0.900. The number of hydrogen-bond acceptors (Lipinski definition) is 3. The molecule has 1 aromatic rings. The van der Waals surface area contributed by atoms with Crippen LogP contribution >= 0.6 is 11.3 Å². The van der Waals surface area contributed by atoms with Gasteiger partial charge in [0, 0.05) is 30.8 Å². The van der Waals surface area contributed by atoms with Gasteiger partial charge in [-0.05, 0) is 12.8 Å². The van der Waals surface area contributed by atoms with Crippen molar-refractivity contribution in [2.45, 2.75) is 26.2 Å². The van der Waals surface area contributed by atoms with Crippen molar-refractivity contribution in [3.8, 4) is 0 Å². The fourth-order valence-corrected chi connectivity index (χ4v) is 2.56. The van der Waals surface area contributed by atoms with Crippen molar-refractivity contribution in [1.82, 2.24) is 9.88 Å². The van der Waals surface area contributed by atoms with E-state index in [2.05, 4.69) is 4.98 Å². The predicted octanol–water partition coefficient (Wildman–Crippen LogP) is 1.94. The summed E-state index contributed by atoms with van der Waals surface area (Å²) >= 11 is 1.59. The number of amides is 1. The first-order valence-corrected chi connectivity index (χ1v) is 6.37. The molecule has 3 nitrogen and oxygen atoms in total. The minimum absolute atomic E-state index is 0.0743. The number of likely N-dealkylation sites (tertiary alicyclic amines) is 1. The van der Waals surface area contributed by atoms with Gasteiger partial charge in [-0.3, -0.25) is 4.79 Å². The molecule has 0 radical (unpaired) electrons. The van der Waals surface area contributed by atoms with Gasteiger partial charge in [0.25, 0.3) is 0 Å². The molecule has 1 saturated heterocycles. The van der Waals surface area contributed by atoms with Crippen LogP contribution in [0.4, 0.5) is 0 Å². The number of hydrogen-bond donors (Lipinski definition) is 0. The van der Waals surface area contributed by atoms with Crippen molar-refractivity contribution in [3.05, 3.63) is 16.6 Å². The monoisotopic (exact) mass is 224 g/mol. The van der Waals surface area contributed by atoms with E-state index in [1.807, 2.05) is 22.7 Å². The van der Waals surface area contributed by atoms with Crippen LogP contribution in [0.15, 0.2) is 10.9 Å². The summed E-state index contributed by atoms with van der Waals surface area (Å²) in [7, 11) is 0. The molecule has 4 heteroatoms. The Kier molecular flexibility index (Phi) is 3.36. The summed E-state index contributed by atoms with van der Waals surface area (Å²) in [4.78, 5) is 18.2. The van der Waals surface area contributed by atoms with E-state index in [1.165, 1.54) is 0 Å². The molecule has 1 aliphatic rings. The maximum absolute atomic E-state index is 12.0. The van der Waals surface area contributed by atoms with Crippen LogP contribution in [0, 0.1) is 5.92 Å². The fraction of sp³-hybridized carbons (Fsp3) is 0.636. The molecule has 0 aromatic carbocycles. The normalized spacial score (nSPS) is 18.1. The summed E-state index contributed by atoms with van der Waals surface area (Å²) in [5.41, 5.74) is 2.86. The maximum Gasteiger partial charge on any atom is 0.225 e. The van der Waals surface area contributed by atoms with E-state index in [1.54, 1.807) is 11.3 Å². The second-order valence-corrected chi connectivity index (χ2v) is 4.84. The predicted molar refractivity (Wildman–Crippen MR) is 60.8 cm³/mol. The Balaban J connectivity index is 1.89. The molecular formula is C11H16N2OS. The molecule has 0 saturated carbocycles. The smallest absolute Gasteiger partial charge is 0.225 e. The van der Waals surface area contributed by atoms with Crippen molar-refractivity contribution in [2.75, 3.05) is 13.1 Å². The lowest BCUT2D eigenvalue weighted by Crippen LogP contribution is -2.33. The molecule has 2 heterocycles. The second kappa shape index (κ2) is 4.75. The average molecular weight is 224 g/mol. The van der Waals surface area contributed by atoms with Gasteiger partial charge in [0.15, 0.2) is 0 Å². The first-order valence-electron chi connectivity index (χ1n) is 5.43. The molecule has 0 N–H and O–H groups in total. The van der Waals surface area contributed by atoms with Crippen molar-refractivity contribution >= 4 is 17.2 Å². The first kappa shape index (κ1) is 10.6. The third-order valence-electron chi connectivity index (χ3n) is 2.84. The van der Waals surface area contributed by atoms with Crippen LogP contribution in [0.3, 0.4) is 0 Å². The molecule has 0 spiro atoms. The number of nitrogens with zero attached hydrogens (tertiary/aromatic N) is 2. The standard InChI is InChI=1S/C11H16N2OS/c1-9(6-10-7-15-8-12-10)11(14)13-4-2-3-5-13/h7-9H,2-6H2,1H3. The zero-order valence-corrected chi connectivity index (χ0v) is 9.80. The Morgan fingerprint density at radius 3 is 2.93 bits per heavy atom. The summed E-state index contributed by atoms with van der Waals surface area (Å²) in [5, 5.41) is 2.02. The van der Waals surface area contributed by atoms with Gasteiger partial charge in [-0.1, -0.05) is 6.92 Å². The highest BCUT2D eigenvalue weighted by Gasteiger charge is 2.23. The van der Waals surface area contributed by atoms with Crippen molar-refractivity contribution in [1.29, 1.82) is 0 Å². The Bertz CT molecular complexity index is 317. The molecule has 15 heavy (non-hydrogen) atoms. The zero-order chi connectivity index (χ0) is 10.7. The maximum atomic E-state index is 12.0. The summed E-state index contributed by atoms with van der Waals surface area (Å²) in [6.45, 7) is 3.89. The van der Waals surface area contributed by atoms with Crippen LogP contribution in [0.25, 0.3) is 0 Å². The second-order valence-electron chi connectivity index (χ2n) is 4.12. The molecule has 1 aromatic heterocycles. The molecule has 1 fully saturated rings. The van der Waals surface area contributed by atoms with Crippen LogP contribution in [0.2, 0.25) is 0 Å². The topological polar surface area (TPSA) is 33.2 Å². The van der Waals surface area contributed by atoms with Gasteiger partial charge in [0.05, 0.1) is 11.2 Å². The molecule has 1 atom stereocenters. The van der Waals surface area contributed by atoms with Gasteiger partial charge in [0.2, 0.25) is 5.91 Å². The quantitative estimate of drug-likeness (QED) is 0.786. The number of carbonyl (C=O) groups is 1. The van der Waals surface area contributed by atoms with E-state index in [0.29, 0.717) is 5.91 Å². The Morgan fingerprint density at radius 1 is 1.60 bits per heavy atom. The van der Waals surface area contributed by atoms with Crippen molar-refractivity contribution in [3.63, 3.8) is 0 Å². The summed E-state index contributed by atoms with van der Waals surface area (Å²) in [5.74, 6) is 0.366. The molecule has 1 unspecified atom stereocenters. The zero-order valence-electron chi connectivity index (χ0n) is 8.98. The van der Waals surface area contributed by atoms with Crippen LogP contribution in [-0.4, -0.2) is 28.9 Å². The number of carbonyl (C=O) groups excluding carboxylic acids is 1. The fourth-order valence-electron chi connectivity index (χ4n) is 1.99. The van der Waals surface area contributed by atoms with Crippen LogP contribution in [0.5, 0.6) is 0 Å². The van der Waals surface area contributed by atoms with Crippen molar-refractivity contribution < 1.29 is 4.79 Å². The van der Waals surface area contributed by atoms with Gasteiger partial charge in [-0.15, -0.1) is 11.3 Å². The highest BCUT2D eigenvalue weighted by atomic mass is 32.1. The summed E-state index contributed by atoms with van der Waals surface area (Å²) in [6, 6.07) is 0. The molecular weight excluding hydrogens is 208 g/mol. The lowest BCUT2D eigenvalue weighted by atomic mass is 10.1. The third-order valence-corrected chi connectivity index (χ3v) is 3.47.